The van der Waals surface area contributed by atoms with Crippen LogP contribution in [0.1, 0.15) is 6.42 Å². The van der Waals surface area contributed by atoms with Gasteiger partial charge in [0, 0.05) is 13.6 Å². The van der Waals surface area contributed by atoms with Crippen LogP contribution in [-0.4, -0.2) is 13.6 Å². The van der Waals surface area contributed by atoms with Gasteiger partial charge in [-0.15, -0.1) is 0 Å². The molecule has 1 aromatic carbocycles. The van der Waals surface area contributed by atoms with Crippen LogP contribution in [0.2, 0.25) is 5.02 Å². The Morgan fingerprint density at radius 2 is 2.08 bits per heavy atom. The van der Waals surface area contributed by atoms with E-state index >= 15 is 0 Å². The highest BCUT2D eigenvalue weighted by Crippen LogP contribution is 2.23. The summed E-state index contributed by atoms with van der Waals surface area (Å²) in [6.45, 7) is 4.73. The molecule has 0 fully saturated rings. The monoisotopic (exact) mass is 182 g/mol. The molecule has 0 aliphatic rings. The lowest BCUT2D eigenvalue weighted by molar-refractivity contribution is 0.897. The largest absolute Gasteiger partial charge is 0.373 e. The second-order valence-electron chi connectivity index (χ2n) is 2.73. The zero-order chi connectivity index (χ0) is 8.97. The van der Waals surface area contributed by atoms with Crippen molar-refractivity contribution < 1.29 is 0 Å². The number of nitrogens with zero attached hydrogens (tertiary/aromatic N) is 1. The van der Waals surface area contributed by atoms with E-state index in [9.17, 15) is 0 Å². The highest BCUT2D eigenvalue weighted by Gasteiger charge is 2.02. The number of para-hydroxylation sites is 1. The van der Waals surface area contributed by atoms with Crippen molar-refractivity contribution in [1.82, 2.24) is 0 Å². The topological polar surface area (TPSA) is 3.24 Å². The lowest BCUT2D eigenvalue weighted by atomic mass is 10.3. The van der Waals surface area contributed by atoms with Crippen molar-refractivity contribution in [3.63, 3.8) is 0 Å². The minimum absolute atomic E-state index is 0.799. The van der Waals surface area contributed by atoms with Gasteiger partial charge in [-0.2, -0.15) is 0 Å². The first kappa shape index (κ1) is 9.40. The van der Waals surface area contributed by atoms with E-state index < -0.39 is 0 Å². The predicted octanol–water partition coefficient (Wildman–Crippen LogP) is 3.00. The zero-order valence-corrected chi connectivity index (χ0v) is 8.01. The Labute approximate surface area is 79.0 Å². The first-order chi connectivity index (χ1) is 5.75. The molecule has 0 amide bonds. The third-order valence-electron chi connectivity index (χ3n) is 1.76. The van der Waals surface area contributed by atoms with E-state index in [4.69, 9.17) is 11.6 Å². The number of halogens is 1. The van der Waals surface area contributed by atoms with Gasteiger partial charge in [-0.05, 0) is 18.6 Å². The first-order valence-corrected chi connectivity index (χ1v) is 4.38. The summed E-state index contributed by atoms with van der Waals surface area (Å²) in [5.74, 6) is 0. The Balaban J connectivity index is 2.79. The van der Waals surface area contributed by atoms with Crippen molar-refractivity contribution in [3.05, 3.63) is 36.2 Å². The summed E-state index contributed by atoms with van der Waals surface area (Å²) >= 11 is 5.99. The number of rotatable bonds is 3. The third kappa shape index (κ3) is 2.15. The molecular formula is C10H13ClN. The summed E-state index contributed by atoms with van der Waals surface area (Å²) in [5, 5.41) is 0.799. The van der Waals surface area contributed by atoms with Crippen LogP contribution in [0.15, 0.2) is 24.3 Å². The van der Waals surface area contributed by atoms with E-state index in [0.29, 0.717) is 0 Å². The van der Waals surface area contributed by atoms with Gasteiger partial charge < -0.3 is 4.90 Å². The Morgan fingerprint density at radius 3 is 2.67 bits per heavy atom. The van der Waals surface area contributed by atoms with Gasteiger partial charge in [-0.25, -0.2) is 0 Å². The second kappa shape index (κ2) is 4.36. The van der Waals surface area contributed by atoms with Crippen LogP contribution in [-0.2, 0) is 0 Å². The quantitative estimate of drug-likeness (QED) is 0.695. The molecule has 1 rings (SSSR count). The van der Waals surface area contributed by atoms with Crippen LogP contribution in [0, 0.1) is 6.92 Å². The number of hydrogen-bond acceptors (Lipinski definition) is 1. The maximum Gasteiger partial charge on any atom is 0.0639 e. The molecule has 0 saturated carbocycles. The highest BCUT2D eigenvalue weighted by atomic mass is 35.5. The normalized spacial score (nSPS) is 9.92. The highest BCUT2D eigenvalue weighted by molar-refractivity contribution is 6.33. The summed E-state index contributed by atoms with van der Waals surface area (Å²) in [7, 11) is 2.02. The van der Waals surface area contributed by atoms with Gasteiger partial charge in [0.1, 0.15) is 0 Å². The van der Waals surface area contributed by atoms with Crippen molar-refractivity contribution in [2.45, 2.75) is 6.42 Å². The molecule has 1 nitrogen and oxygen atoms in total. The van der Waals surface area contributed by atoms with Crippen molar-refractivity contribution in [2.75, 3.05) is 18.5 Å². The maximum atomic E-state index is 5.99. The molecule has 0 bridgehead atoms. The average Bonchev–Trinajstić information content (AvgIpc) is 2.05. The predicted molar refractivity (Wildman–Crippen MR) is 54.7 cm³/mol. The van der Waals surface area contributed by atoms with E-state index in [1.165, 1.54) is 0 Å². The second-order valence-corrected chi connectivity index (χ2v) is 3.13. The fraction of sp³-hybridized carbons (Fsp3) is 0.300. The zero-order valence-electron chi connectivity index (χ0n) is 7.26. The minimum atomic E-state index is 0.799. The Bertz CT molecular complexity index is 247. The van der Waals surface area contributed by atoms with E-state index in [1.54, 1.807) is 0 Å². The van der Waals surface area contributed by atoms with Crippen LogP contribution < -0.4 is 4.90 Å². The van der Waals surface area contributed by atoms with E-state index in [0.717, 1.165) is 23.7 Å². The first-order valence-electron chi connectivity index (χ1n) is 4.00. The smallest absolute Gasteiger partial charge is 0.0639 e. The molecule has 0 heterocycles. The number of anilines is 1. The van der Waals surface area contributed by atoms with Crippen LogP contribution in [0.5, 0.6) is 0 Å². The summed E-state index contributed by atoms with van der Waals surface area (Å²) in [6.07, 6.45) is 0.891. The lowest BCUT2D eigenvalue weighted by Gasteiger charge is -2.19. The van der Waals surface area contributed by atoms with Gasteiger partial charge in [-0.3, -0.25) is 0 Å². The molecule has 1 aromatic rings. The van der Waals surface area contributed by atoms with Gasteiger partial charge in [-0.1, -0.05) is 30.7 Å². The Morgan fingerprint density at radius 1 is 1.42 bits per heavy atom. The standard InChI is InChI=1S/C10H13ClN/c1-3-8-12(2)10-7-5-4-6-9(10)11/h4-7H,1,3,8H2,2H3. The molecule has 0 aromatic heterocycles. The van der Waals surface area contributed by atoms with E-state index in [1.807, 2.05) is 31.3 Å². The van der Waals surface area contributed by atoms with Gasteiger partial charge >= 0.3 is 0 Å². The molecule has 0 aliphatic heterocycles. The van der Waals surface area contributed by atoms with Crippen LogP contribution in [0.4, 0.5) is 5.69 Å². The van der Waals surface area contributed by atoms with Crippen LogP contribution >= 0.6 is 11.6 Å². The fourth-order valence-electron chi connectivity index (χ4n) is 1.12. The SMILES string of the molecule is [CH2]CCN(C)c1ccccc1Cl. The minimum Gasteiger partial charge on any atom is -0.373 e. The van der Waals surface area contributed by atoms with Crippen molar-refractivity contribution in [1.29, 1.82) is 0 Å². The summed E-state index contributed by atoms with van der Waals surface area (Å²) < 4.78 is 0. The third-order valence-corrected chi connectivity index (χ3v) is 2.08. The fourth-order valence-corrected chi connectivity index (χ4v) is 1.40. The van der Waals surface area contributed by atoms with Gasteiger partial charge in [0.25, 0.3) is 0 Å². The van der Waals surface area contributed by atoms with Gasteiger partial charge in [0.15, 0.2) is 0 Å². The molecule has 0 atom stereocenters. The average molecular weight is 183 g/mol. The molecule has 12 heavy (non-hydrogen) atoms. The van der Waals surface area contributed by atoms with Crippen molar-refractivity contribution in [3.8, 4) is 0 Å². The molecular weight excluding hydrogens is 170 g/mol. The molecule has 0 aliphatic carbocycles. The molecule has 0 spiro atoms. The summed E-state index contributed by atoms with van der Waals surface area (Å²) in [5.41, 5.74) is 1.07. The van der Waals surface area contributed by atoms with Crippen molar-refractivity contribution >= 4 is 17.3 Å². The summed E-state index contributed by atoms with van der Waals surface area (Å²) in [4.78, 5) is 2.11. The van der Waals surface area contributed by atoms with Crippen LogP contribution in [0.3, 0.4) is 0 Å². The molecule has 0 unspecified atom stereocenters. The molecule has 0 saturated heterocycles. The molecule has 0 N–H and O–H groups in total. The van der Waals surface area contributed by atoms with Crippen LogP contribution in [0.25, 0.3) is 0 Å². The maximum absolute atomic E-state index is 5.99. The van der Waals surface area contributed by atoms with Gasteiger partial charge in [0.05, 0.1) is 10.7 Å². The molecule has 2 heteroatoms. The van der Waals surface area contributed by atoms with Crippen molar-refractivity contribution in [2.24, 2.45) is 0 Å². The number of benzene rings is 1. The summed E-state index contributed by atoms with van der Waals surface area (Å²) in [6, 6.07) is 7.83. The Kier molecular flexibility index (Phi) is 3.42. The molecule has 1 radical (unpaired) electrons. The molecule has 65 valence electrons. The van der Waals surface area contributed by atoms with Gasteiger partial charge in [0.2, 0.25) is 0 Å². The van der Waals surface area contributed by atoms with E-state index in [-0.39, 0.29) is 0 Å². The lowest BCUT2D eigenvalue weighted by Crippen LogP contribution is -2.17. The van der Waals surface area contributed by atoms with E-state index in [2.05, 4.69) is 11.8 Å². The number of hydrogen-bond donors (Lipinski definition) is 0. The Hall–Kier alpha value is -0.690.